The van der Waals surface area contributed by atoms with E-state index < -0.39 is 0 Å². The van der Waals surface area contributed by atoms with Gasteiger partial charge in [-0.2, -0.15) is 10.1 Å². The monoisotopic (exact) mass is 345 g/mol. The van der Waals surface area contributed by atoms with Crippen LogP contribution in [0.5, 0.6) is 0 Å². The predicted octanol–water partition coefficient (Wildman–Crippen LogP) is 3.34. The number of aryl methyl sites for hydroxylation is 2. The van der Waals surface area contributed by atoms with E-state index in [0.29, 0.717) is 23.5 Å². The molecule has 130 valence electrons. The predicted molar refractivity (Wildman–Crippen MR) is 103 cm³/mol. The summed E-state index contributed by atoms with van der Waals surface area (Å²) >= 11 is 0. The van der Waals surface area contributed by atoms with Crippen LogP contribution in [0.3, 0.4) is 0 Å². The molecule has 2 N–H and O–H groups in total. The number of benzene rings is 2. The van der Waals surface area contributed by atoms with Crippen molar-refractivity contribution in [2.45, 2.75) is 20.4 Å². The lowest BCUT2D eigenvalue weighted by molar-refractivity contribution is 0.893. The van der Waals surface area contributed by atoms with Crippen LogP contribution in [0, 0.1) is 13.8 Å². The molecule has 0 unspecified atom stereocenters. The summed E-state index contributed by atoms with van der Waals surface area (Å²) in [6, 6.07) is 15.9. The lowest BCUT2D eigenvalue weighted by Crippen LogP contribution is -2.14. The summed E-state index contributed by atoms with van der Waals surface area (Å²) in [5, 5.41) is 7.99. The molecular weight excluding hydrogens is 326 g/mol. The maximum atomic E-state index is 12.4. The molecule has 0 atom stereocenters. The van der Waals surface area contributed by atoms with Gasteiger partial charge >= 0.3 is 0 Å². The Bertz CT molecular complexity index is 1130. The highest BCUT2D eigenvalue weighted by atomic mass is 16.1. The third kappa shape index (κ3) is 2.97. The minimum atomic E-state index is -0.208. The van der Waals surface area contributed by atoms with E-state index in [9.17, 15) is 4.79 Å². The van der Waals surface area contributed by atoms with Crippen LogP contribution in [0.15, 0.2) is 59.5 Å². The summed E-state index contributed by atoms with van der Waals surface area (Å²) in [4.78, 5) is 19.7. The second-order valence-corrected chi connectivity index (χ2v) is 6.33. The number of hydrogen-bond acceptors (Lipinski definition) is 4. The lowest BCUT2D eigenvalue weighted by atomic mass is 10.1. The summed E-state index contributed by atoms with van der Waals surface area (Å²) in [5.74, 6) is 0.431. The third-order valence-electron chi connectivity index (χ3n) is 4.38. The fraction of sp³-hybridized carbons (Fsp3) is 0.150. The summed E-state index contributed by atoms with van der Waals surface area (Å²) in [7, 11) is 0. The molecule has 0 amide bonds. The first-order valence-electron chi connectivity index (χ1n) is 8.45. The molecule has 2 aromatic heterocycles. The highest BCUT2D eigenvalue weighted by molar-refractivity contribution is 5.76. The third-order valence-corrected chi connectivity index (χ3v) is 4.38. The first-order valence-corrected chi connectivity index (χ1v) is 8.45. The van der Waals surface area contributed by atoms with Gasteiger partial charge < -0.3 is 5.32 Å². The number of aromatic amines is 1. The molecule has 0 aliphatic rings. The number of fused-ring (bicyclic) bond motifs is 1. The molecule has 6 heteroatoms. The van der Waals surface area contributed by atoms with Gasteiger partial charge in [-0.05, 0) is 37.1 Å². The molecule has 2 heterocycles. The molecule has 4 rings (SSSR count). The van der Waals surface area contributed by atoms with Crippen LogP contribution < -0.4 is 10.9 Å². The Kier molecular flexibility index (Phi) is 4.01. The summed E-state index contributed by atoms with van der Waals surface area (Å²) in [6.45, 7) is 4.73. The number of aromatic nitrogens is 4. The Hall–Kier alpha value is -3.41. The van der Waals surface area contributed by atoms with Gasteiger partial charge in [-0.1, -0.05) is 42.0 Å². The van der Waals surface area contributed by atoms with Gasteiger partial charge in [0.2, 0.25) is 5.95 Å². The second-order valence-electron chi connectivity index (χ2n) is 6.33. The molecule has 0 aliphatic carbocycles. The van der Waals surface area contributed by atoms with Crippen LogP contribution >= 0.6 is 0 Å². The van der Waals surface area contributed by atoms with Gasteiger partial charge in [0.25, 0.3) is 5.56 Å². The van der Waals surface area contributed by atoms with Gasteiger partial charge in [0.1, 0.15) is 5.39 Å². The van der Waals surface area contributed by atoms with Crippen molar-refractivity contribution in [3.05, 3.63) is 81.8 Å². The maximum Gasteiger partial charge on any atom is 0.263 e. The zero-order chi connectivity index (χ0) is 18.1. The van der Waals surface area contributed by atoms with Crippen molar-refractivity contribution in [1.82, 2.24) is 19.7 Å². The topological polar surface area (TPSA) is 75.6 Å². The molecule has 0 radical (unpaired) electrons. The smallest absolute Gasteiger partial charge is 0.263 e. The Morgan fingerprint density at radius 1 is 1.12 bits per heavy atom. The number of nitrogens with zero attached hydrogens (tertiary/aromatic N) is 3. The van der Waals surface area contributed by atoms with Gasteiger partial charge in [0.15, 0.2) is 5.65 Å². The van der Waals surface area contributed by atoms with E-state index in [-0.39, 0.29) is 5.56 Å². The van der Waals surface area contributed by atoms with Crippen molar-refractivity contribution >= 4 is 17.0 Å². The summed E-state index contributed by atoms with van der Waals surface area (Å²) in [6.07, 6.45) is 1.54. The molecule has 0 bridgehead atoms. The van der Waals surface area contributed by atoms with E-state index in [1.54, 1.807) is 10.9 Å². The van der Waals surface area contributed by atoms with E-state index in [1.807, 2.05) is 30.3 Å². The van der Waals surface area contributed by atoms with Gasteiger partial charge in [0.05, 0.1) is 11.9 Å². The maximum absolute atomic E-state index is 12.4. The molecule has 0 aliphatic heterocycles. The molecule has 0 saturated carbocycles. The van der Waals surface area contributed by atoms with Crippen molar-refractivity contribution in [2.75, 3.05) is 5.32 Å². The summed E-state index contributed by atoms with van der Waals surface area (Å²) < 4.78 is 1.67. The fourth-order valence-corrected chi connectivity index (χ4v) is 2.98. The van der Waals surface area contributed by atoms with Gasteiger partial charge in [-0.25, -0.2) is 4.68 Å². The van der Waals surface area contributed by atoms with Crippen molar-refractivity contribution < 1.29 is 0 Å². The fourth-order valence-electron chi connectivity index (χ4n) is 2.98. The normalized spacial score (nSPS) is 11.0. The molecule has 0 saturated heterocycles. The highest BCUT2D eigenvalue weighted by Gasteiger charge is 2.11. The number of hydrogen-bond donors (Lipinski definition) is 2. The van der Waals surface area contributed by atoms with Crippen LogP contribution in [0.2, 0.25) is 0 Å². The SMILES string of the molecule is Cc1ccc(CNc2nc3c(cnn3-c3ccccc3)c(=O)[nH]2)c(C)c1. The van der Waals surface area contributed by atoms with Crippen LogP contribution in [0.1, 0.15) is 16.7 Å². The molecule has 6 nitrogen and oxygen atoms in total. The Labute approximate surface area is 150 Å². The quantitative estimate of drug-likeness (QED) is 0.595. The molecule has 0 spiro atoms. The molecule has 2 aromatic carbocycles. The molecular formula is C20H19N5O. The van der Waals surface area contributed by atoms with Crippen LogP contribution in [-0.4, -0.2) is 19.7 Å². The van der Waals surface area contributed by atoms with E-state index in [4.69, 9.17) is 0 Å². The number of para-hydroxylation sites is 1. The minimum absolute atomic E-state index is 0.208. The number of rotatable bonds is 4. The van der Waals surface area contributed by atoms with Crippen molar-refractivity contribution in [1.29, 1.82) is 0 Å². The highest BCUT2D eigenvalue weighted by Crippen LogP contribution is 2.16. The first kappa shape index (κ1) is 16.1. The lowest BCUT2D eigenvalue weighted by Gasteiger charge is -2.09. The van der Waals surface area contributed by atoms with E-state index in [1.165, 1.54) is 11.1 Å². The van der Waals surface area contributed by atoms with Crippen LogP contribution in [0.4, 0.5) is 5.95 Å². The van der Waals surface area contributed by atoms with Crippen molar-refractivity contribution in [3.63, 3.8) is 0 Å². The first-order chi connectivity index (χ1) is 12.6. The number of nitrogens with one attached hydrogen (secondary N) is 2. The Morgan fingerprint density at radius 2 is 1.92 bits per heavy atom. The zero-order valence-corrected chi connectivity index (χ0v) is 14.7. The molecule has 4 aromatic rings. The Morgan fingerprint density at radius 3 is 2.69 bits per heavy atom. The van der Waals surface area contributed by atoms with E-state index in [0.717, 1.165) is 11.3 Å². The van der Waals surface area contributed by atoms with Gasteiger partial charge in [-0.3, -0.25) is 9.78 Å². The molecule has 0 fully saturated rings. The van der Waals surface area contributed by atoms with Crippen LogP contribution in [-0.2, 0) is 6.54 Å². The van der Waals surface area contributed by atoms with Gasteiger partial charge in [-0.15, -0.1) is 0 Å². The molecule has 26 heavy (non-hydrogen) atoms. The standard InChI is InChI=1S/C20H19N5O/c1-13-8-9-15(14(2)10-13)11-21-20-23-18-17(19(26)24-20)12-22-25(18)16-6-4-3-5-7-16/h3-10,12H,11H2,1-2H3,(H2,21,23,24,26). The average Bonchev–Trinajstić information content (AvgIpc) is 3.06. The van der Waals surface area contributed by atoms with E-state index in [2.05, 4.69) is 52.4 Å². The Balaban J connectivity index is 1.69. The van der Waals surface area contributed by atoms with Crippen molar-refractivity contribution in [3.8, 4) is 5.69 Å². The van der Waals surface area contributed by atoms with Crippen LogP contribution in [0.25, 0.3) is 16.7 Å². The number of anilines is 1. The largest absolute Gasteiger partial charge is 0.352 e. The number of H-pyrrole nitrogens is 1. The minimum Gasteiger partial charge on any atom is -0.352 e. The average molecular weight is 345 g/mol. The van der Waals surface area contributed by atoms with Gasteiger partial charge in [0, 0.05) is 6.54 Å². The second kappa shape index (κ2) is 6.48. The summed E-state index contributed by atoms with van der Waals surface area (Å²) in [5.41, 5.74) is 4.78. The van der Waals surface area contributed by atoms with E-state index >= 15 is 0 Å². The van der Waals surface area contributed by atoms with Crippen molar-refractivity contribution in [2.24, 2.45) is 0 Å². The zero-order valence-electron chi connectivity index (χ0n) is 14.7.